The van der Waals surface area contributed by atoms with E-state index in [0.717, 1.165) is 31.2 Å². The molecule has 0 spiro atoms. The first-order valence-electron chi connectivity index (χ1n) is 12.5. The van der Waals surface area contributed by atoms with Crippen molar-refractivity contribution in [3.05, 3.63) is 69.6 Å². The van der Waals surface area contributed by atoms with Crippen LogP contribution in [0, 0.1) is 0 Å². The summed E-state index contributed by atoms with van der Waals surface area (Å²) in [4.78, 5) is 29.0. The topological polar surface area (TPSA) is 78.2 Å². The van der Waals surface area contributed by atoms with E-state index in [1.807, 2.05) is 25.1 Å². The second-order valence-corrected chi connectivity index (χ2v) is 9.01. The maximum atomic E-state index is 13.7. The quantitative estimate of drug-likeness (QED) is 0.399. The van der Waals surface area contributed by atoms with Crippen molar-refractivity contribution in [2.75, 3.05) is 26.4 Å². The van der Waals surface area contributed by atoms with Gasteiger partial charge in [-0.1, -0.05) is 31.5 Å². The number of carbonyl (C=O) groups excluding carboxylic acids is 1. The molecule has 35 heavy (non-hydrogen) atoms. The Morgan fingerprint density at radius 1 is 1.06 bits per heavy atom. The monoisotopic (exact) mass is 477 g/mol. The van der Waals surface area contributed by atoms with E-state index in [1.165, 1.54) is 0 Å². The molecule has 0 aliphatic carbocycles. The van der Waals surface area contributed by atoms with Gasteiger partial charge in [-0.15, -0.1) is 0 Å². The fourth-order valence-electron chi connectivity index (χ4n) is 4.92. The minimum atomic E-state index is -0.591. The van der Waals surface area contributed by atoms with Crippen LogP contribution in [0.25, 0.3) is 11.0 Å². The molecule has 2 aliphatic rings. The van der Waals surface area contributed by atoms with Crippen molar-refractivity contribution in [2.24, 2.45) is 0 Å². The van der Waals surface area contributed by atoms with E-state index in [1.54, 1.807) is 29.2 Å². The normalized spacial score (nSPS) is 19.4. The van der Waals surface area contributed by atoms with E-state index < -0.39 is 6.04 Å². The molecule has 1 amide bonds. The van der Waals surface area contributed by atoms with Gasteiger partial charge in [0.2, 0.25) is 5.76 Å². The summed E-state index contributed by atoms with van der Waals surface area (Å²) >= 11 is 0. The molecular weight excluding hydrogens is 446 g/mol. The summed E-state index contributed by atoms with van der Waals surface area (Å²) < 4.78 is 23.7. The first-order valence-corrected chi connectivity index (χ1v) is 12.5. The first kappa shape index (κ1) is 23.4. The molecule has 184 valence electrons. The molecule has 5 rings (SSSR count). The Morgan fingerprint density at radius 3 is 2.69 bits per heavy atom. The lowest BCUT2D eigenvalue weighted by atomic mass is 9.97. The van der Waals surface area contributed by atoms with Crippen molar-refractivity contribution in [2.45, 2.75) is 51.7 Å². The van der Waals surface area contributed by atoms with Gasteiger partial charge in [-0.05, 0) is 56.0 Å². The fourth-order valence-corrected chi connectivity index (χ4v) is 4.92. The van der Waals surface area contributed by atoms with Gasteiger partial charge in [-0.25, -0.2) is 0 Å². The highest BCUT2D eigenvalue weighted by atomic mass is 16.5. The maximum absolute atomic E-state index is 13.7. The third kappa shape index (κ3) is 4.41. The Labute approximate surface area is 204 Å². The van der Waals surface area contributed by atoms with Crippen LogP contribution in [0.5, 0.6) is 11.5 Å². The largest absolute Gasteiger partial charge is 0.490 e. The molecule has 2 aromatic carbocycles. The van der Waals surface area contributed by atoms with Gasteiger partial charge in [0.15, 0.2) is 16.9 Å². The van der Waals surface area contributed by atoms with Crippen molar-refractivity contribution in [1.82, 2.24) is 4.90 Å². The van der Waals surface area contributed by atoms with Crippen LogP contribution >= 0.6 is 0 Å². The van der Waals surface area contributed by atoms with Crippen LogP contribution in [0.2, 0.25) is 0 Å². The molecule has 7 nitrogen and oxygen atoms in total. The number of hydrogen-bond acceptors (Lipinski definition) is 6. The molecule has 2 aliphatic heterocycles. The van der Waals surface area contributed by atoms with E-state index in [-0.39, 0.29) is 23.2 Å². The number of rotatable bonds is 9. The average Bonchev–Trinajstić information content (AvgIpc) is 3.48. The standard InChI is InChI=1S/C28H31NO6/c1-3-5-14-34-22-13-12-18(16-23(22)32-4-2)25-24-26(30)20-10-6-7-11-21(20)35-27(24)28(31)29(25)17-19-9-8-15-33-19/h6-7,10-13,16,19,25H,3-5,8-9,14-15,17H2,1-2H3/t19-,25-/m1/s1. The number of nitrogens with zero attached hydrogens (tertiary/aromatic N) is 1. The molecule has 1 fully saturated rings. The third-order valence-electron chi connectivity index (χ3n) is 6.64. The second-order valence-electron chi connectivity index (χ2n) is 9.01. The zero-order valence-electron chi connectivity index (χ0n) is 20.2. The second kappa shape index (κ2) is 10.1. The van der Waals surface area contributed by atoms with Gasteiger partial charge in [0, 0.05) is 13.2 Å². The average molecular weight is 478 g/mol. The molecule has 0 radical (unpaired) electrons. The summed E-state index contributed by atoms with van der Waals surface area (Å²) in [6.45, 7) is 6.18. The Hall–Kier alpha value is -3.32. The lowest BCUT2D eigenvalue weighted by Crippen LogP contribution is -2.36. The molecule has 2 atom stereocenters. The highest BCUT2D eigenvalue weighted by Crippen LogP contribution is 2.41. The van der Waals surface area contributed by atoms with Crippen LogP contribution in [0.15, 0.2) is 51.7 Å². The van der Waals surface area contributed by atoms with Crippen LogP contribution in [0.4, 0.5) is 0 Å². The van der Waals surface area contributed by atoms with E-state index >= 15 is 0 Å². The molecule has 0 saturated carbocycles. The van der Waals surface area contributed by atoms with Gasteiger partial charge in [-0.2, -0.15) is 0 Å². The van der Waals surface area contributed by atoms with Crippen LogP contribution in [-0.2, 0) is 4.74 Å². The number of unbranched alkanes of at least 4 members (excludes halogenated alkanes) is 1. The van der Waals surface area contributed by atoms with Gasteiger partial charge < -0.3 is 23.5 Å². The molecule has 0 unspecified atom stereocenters. The highest BCUT2D eigenvalue weighted by molar-refractivity contribution is 5.99. The molecular formula is C28H31NO6. The molecule has 0 bridgehead atoms. The van der Waals surface area contributed by atoms with Gasteiger partial charge in [0.05, 0.1) is 36.3 Å². The van der Waals surface area contributed by atoms with E-state index in [9.17, 15) is 9.59 Å². The Morgan fingerprint density at radius 2 is 1.91 bits per heavy atom. The van der Waals surface area contributed by atoms with Crippen LogP contribution in [0.3, 0.4) is 0 Å². The number of amides is 1. The van der Waals surface area contributed by atoms with Gasteiger partial charge >= 0.3 is 0 Å². The van der Waals surface area contributed by atoms with Crippen LogP contribution in [0.1, 0.15) is 67.3 Å². The summed E-state index contributed by atoms with van der Waals surface area (Å²) in [5, 5.41) is 0.465. The van der Waals surface area contributed by atoms with E-state index in [0.29, 0.717) is 54.4 Å². The molecule has 1 aromatic heterocycles. The van der Waals surface area contributed by atoms with Crippen molar-refractivity contribution in [1.29, 1.82) is 0 Å². The van der Waals surface area contributed by atoms with Crippen molar-refractivity contribution >= 4 is 16.9 Å². The number of fused-ring (bicyclic) bond motifs is 2. The predicted molar refractivity (Wildman–Crippen MR) is 132 cm³/mol. The van der Waals surface area contributed by atoms with E-state index in [2.05, 4.69) is 6.92 Å². The Balaban J connectivity index is 1.62. The molecule has 1 saturated heterocycles. The molecule has 3 heterocycles. The van der Waals surface area contributed by atoms with Crippen LogP contribution < -0.4 is 14.9 Å². The molecule has 3 aromatic rings. The van der Waals surface area contributed by atoms with Gasteiger partial charge in [-0.3, -0.25) is 9.59 Å². The summed E-state index contributed by atoms with van der Waals surface area (Å²) in [5.74, 6) is 1.08. The van der Waals surface area contributed by atoms with Crippen molar-refractivity contribution < 1.29 is 23.4 Å². The van der Waals surface area contributed by atoms with Crippen molar-refractivity contribution in [3.63, 3.8) is 0 Å². The van der Waals surface area contributed by atoms with Gasteiger partial charge in [0.1, 0.15) is 5.58 Å². The number of benzene rings is 2. The van der Waals surface area contributed by atoms with Gasteiger partial charge in [0.25, 0.3) is 5.91 Å². The lowest BCUT2D eigenvalue weighted by Gasteiger charge is -2.28. The summed E-state index contributed by atoms with van der Waals surface area (Å²) in [7, 11) is 0. The minimum Gasteiger partial charge on any atom is -0.490 e. The maximum Gasteiger partial charge on any atom is 0.291 e. The summed E-state index contributed by atoms with van der Waals surface area (Å²) in [6, 6.07) is 12.1. The summed E-state index contributed by atoms with van der Waals surface area (Å²) in [6.07, 6.45) is 3.75. The predicted octanol–water partition coefficient (Wildman–Crippen LogP) is 5.09. The van der Waals surface area contributed by atoms with E-state index in [4.69, 9.17) is 18.6 Å². The number of carbonyl (C=O) groups is 1. The number of para-hydroxylation sites is 1. The summed E-state index contributed by atoms with van der Waals surface area (Å²) in [5.41, 5.74) is 1.38. The fraction of sp³-hybridized carbons (Fsp3) is 0.429. The Bertz CT molecular complexity index is 1280. The SMILES string of the molecule is CCCCOc1ccc([C@@H]2c3c(oc4ccccc4c3=O)C(=O)N2C[C@H]2CCCO2)cc1OCC. The molecule has 0 N–H and O–H groups in total. The number of ether oxygens (including phenoxy) is 3. The zero-order valence-corrected chi connectivity index (χ0v) is 20.2. The lowest BCUT2D eigenvalue weighted by molar-refractivity contribution is 0.0486. The number of hydrogen-bond donors (Lipinski definition) is 0. The highest BCUT2D eigenvalue weighted by Gasteiger charge is 2.44. The van der Waals surface area contributed by atoms with Crippen LogP contribution in [-0.4, -0.2) is 43.3 Å². The Kier molecular flexibility index (Phi) is 6.77. The van der Waals surface area contributed by atoms with Crippen molar-refractivity contribution in [3.8, 4) is 11.5 Å². The smallest absolute Gasteiger partial charge is 0.291 e. The molecule has 7 heteroatoms. The first-order chi connectivity index (χ1) is 17.1. The third-order valence-corrected chi connectivity index (χ3v) is 6.64. The minimum absolute atomic E-state index is 0.0664. The zero-order chi connectivity index (χ0) is 24.4.